The largest absolute Gasteiger partial charge is 0.339 e. The summed E-state index contributed by atoms with van der Waals surface area (Å²) in [6, 6.07) is 4.68. The molecule has 0 bridgehead atoms. The van der Waals surface area contributed by atoms with Gasteiger partial charge in [-0.25, -0.2) is 0 Å². The maximum Gasteiger partial charge on any atom is 0.274 e. The van der Waals surface area contributed by atoms with Crippen LogP contribution in [0, 0.1) is 0 Å². The molecule has 0 spiro atoms. The maximum atomic E-state index is 12.8. The molecule has 0 aliphatic rings. The van der Waals surface area contributed by atoms with Gasteiger partial charge in [0.1, 0.15) is 5.69 Å². The van der Waals surface area contributed by atoms with Crippen LogP contribution in [0.3, 0.4) is 0 Å². The topological polar surface area (TPSA) is 84.3 Å². The van der Waals surface area contributed by atoms with E-state index in [4.69, 9.17) is 0 Å². The number of aromatic nitrogens is 2. The van der Waals surface area contributed by atoms with Crippen LogP contribution in [0.25, 0.3) is 0 Å². The molecule has 2 rings (SSSR count). The number of hydrogen-bond acceptors (Lipinski definition) is 4. The molecule has 1 N–H and O–H groups in total. The van der Waals surface area contributed by atoms with Crippen molar-refractivity contribution in [2.45, 2.75) is 26.7 Å². The zero-order chi connectivity index (χ0) is 19.1. The number of carbonyl (C=O) groups excluding carboxylic acids is 2. The first-order valence-corrected chi connectivity index (χ1v) is 8.69. The van der Waals surface area contributed by atoms with Gasteiger partial charge in [0.05, 0.1) is 11.1 Å². The van der Waals surface area contributed by atoms with Gasteiger partial charge < -0.3 is 14.8 Å². The highest BCUT2D eigenvalue weighted by Crippen LogP contribution is 2.11. The number of aryl methyl sites for hydroxylation is 1. The van der Waals surface area contributed by atoms with Gasteiger partial charge in [0.15, 0.2) is 0 Å². The molecule has 7 heteroatoms. The lowest BCUT2D eigenvalue weighted by molar-refractivity contribution is 0.0754. The summed E-state index contributed by atoms with van der Waals surface area (Å²) in [5.74, 6) is -0.597. The lowest BCUT2D eigenvalue weighted by atomic mass is 10.2. The molecule has 0 radical (unpaired) electrons. The molecule has 2 heterocycles. The zero-order valence-electron chi connectivity index (χ0n) is 15.4. The van der Waals surface area contributed by atoms with Crippen LogP contribution in [-0.4, -0.2) is 39.4 Å². The summed E-state index contributed by atoms with van der Waals surface area (Å²) in [6.45, 7) is 5.31. The van der Waals surface area contributed by atoms with E-state index in [9.17, 15) is 14.4 Å². The van der Waals surface area contributed by atoms with E-state index in [1.807, 2.05) is 13.8 Å². The number of nitrogens with one attached hydrogen (secondary N) is 1. The highest BCUT2D eigenvalue weighted by atomic mass is 16.2. The van der Waals surface area contributed by atoms with Crippen molar-refractivity contribution in [2.75, 3.05) is 18.4 Å². The van der Waals surface area contributed by atoms with Crippen LogP contribution in [0.1, 0.15) is 47.4 Å². The van der Waals surface area contributed by atoms with Crippen LogP contribution >= 0.6 is 0 Å². The summed E-state index contributed by atoms with van der Waals surface area (Å²) in [7, 11) is 1.56. The number of nitrogens with zero attached hydrogens (tertiary/aromatic N) is 3. The standard InChI is InChI=1S/C19H24N4O3/c1-4-9-23(10-5-2)18(25)15-11-16(19(26)22(3)13-15)21-17(24)14-7-6-8-20-12-14/h6-8,11-13H,4-5,9-10H2,1-3H3,(H,21,24). The van der Waals surface area contributed by atoms with E-state index in [0.717, 1.165) is 12.8 Å². The lowest BCUT2D eigenvalue weighted by Crippen LogP contribution is -2.34. The molecule has 0 atom stereocenters. The van der Waals surface area contributed by atoms with Gasteiger partial charge in [-0.1, -0.05) is 13.8 Å². The predicted octanol–water partition coefficient (Wildman–Crippen LogP) is 2.29. The normalized spacial score (nSPS) is 10.4. The molecule has 2 aromatic heterocycles. The third kappa shape index (κ3) is 4.56. The summed E-state index contributed by atoms with van der Waals surface area (Å²) >= 11 is 0. The molecule has 7 nitrogen and oxygen atoms in total. The Morgan fingerprint density at radius 2 is 1.88 bits per heavy atom. The van der Waals surface area contributed by atoms with E-state index in [1.165, 1.54) is 23.0 Å². The van der Waals surface area contributed by atoms with Gasteiger partial charge in [-0.3, -0.25) is 19.4 Å². The second-order valence-electron chi connectivity index (χ2n) is 6.05. The molecular weight excluding hydrogens is 332 g/mol. The molecule has 0 aliphatic carbocycles. The first-order valence-electron chi connectivity index (χ1n) is 8.69. The molecule has 0 aromatic carbocycles. The number of amides is 2. The summed E-state index contributed by atoms with van der Waals surface area (Å²) < 4.78 is 1.31. The van der Waals surface area contributed by atoms with Crippen LogP contribution in [0.2, 0.25) is 0 Å². The molecule has 138 valence electrons. The molecule has 0 unspecified atom stereocenters. The smallest absolute Gasteiger partial charge is 0.274 e. The van der Waals surface area contributed by atoms with E-state index in [-0.39, 0.29) is 17.2 Å². The number of rotatable bonds is 7. The van der Waals surface area contributed by atoms with Gasteiger partial charge >= 0.3 is 0 Å². The van der Waals surface area contributed by atoms with Crippen LogP contribution in [0.4, 0.5) is 5.69 Å². The maximum absolute atomic E-state index is 12.8. The number of pyridine rings is 2. The molecule has 2 amide bonds. The Labute approximate surface area is 152 Å². The Morgan fingerprint density at radius 1 is 1.19 bits per heavy atom. The summed E-state index contributed by atoms with van der Waals surface area (Å²) in [4.78, 5) is 43.1. The first-order chi connectivity index (χ1) is 12.5. The first kappa shape index (κ1) is 19.4. The van der Waals surface area contributed by atoms with Crippen molar-refractivity contribution in [3.8, 4) is 0 Å². The fraction of sp³-hybridized carbons (Fsp3) is 0.368. The Hall–Kier alpha value is -2.96. The second-order valence-corrected chi connectivity index (χ2v) is 6.05. The van der Waals surface area contributed by atoms with Gasteiger partial charge in [-0.2, -0.15) is 0 Å². The summed E-state index contributed by atoms with van der Waals surface area (Å²) in [6.07, 6.45) is 6.18. The molecule has 0 fully saturated rings. The van der Waals surface area contributed by atoms with Gasteiger partial charge in [0.25, 0.3) is 17.4 Å². The van der Waals surface area contributed by atoms with Crippen molar-refractivity contribution >= 4 is 17.5 Å². The second kappa shape index (κ2) is 8.94. The van der Waals surface area contributed by atoms with E-state index < -0.39 is 5.91 Å². The molecule has 0 aliphatic heterocycles. The highest BCUT2D eigenvalue weighted by Gasteiger charge is 2.18. The fourth-order valence-corrected chi connectivity index (χ4v) is 2.65. The fourth-order valence-electron chi connectivity index (χ4n) is 2.65. The van der Waals surface area contributed by atoms with Crippen molar-refractivity contribution in [1.82, 2.24) is 14.5 Å². The minimum absolute atomic E-state index is 0.0696. The van der Waals surface area contributed by atoms with Gasteiger partial charge in [0, 0.05) is 38.7 Å². The Kier molecular flexibility index (Phi) is 6.66. The number of hydrogen-bond donors (Lipinski definition) is 1. The van der Waals surface area contributed by atoms with Crippen molar-refractivity contribution in [1.29, 1.82) is 0 Å². The van der Waals surface area contributed by atoms with E-state index >= 15 is 0 Å². The number of anilines is 1. The van der Waals surface area contributed by atoms with Gasteiger partial charge in [0.2, 0.25) is 0 Å². The molecule has 0 saturated heterocycles. The van der Waals surface area contributed by atoms with E-state index in [0.29, 0.717) is 24.2 Å². The Morgan fingerprint density at radius 3 is 2.46 bits per heavy atom. The lowest BCUT2D eigenvalue weighted by Gasteiger charge is -2.22. The SMILES string of the molecule is CCCN(CCC)C(=O)c1cc(NC(=O)c2cccnc2)c(=O)n(C)c1. The quantitative estimate of drug-likeness (QED) is 0.825. The molecular formula is C19H24N4O3. The van der Waals surface area contributed by atoms with Crippen LogP contribution < -0.4 is 10.9 Å². The van der Waals surface area contributed by atoms with Crippen molar-refractivity contribution in [3.05, 3.63) is 58.3 Å². The third-order valence-corrected chi connectivity index (χ3v) is 3.88. The van der Waals surface area contributed by atoms with Crippen LogP contribution in [0.5, 0.6) is 0 Å². The highest BCUT2D eigenvalue weighted by molar-refractivity contribution is 6.04. The van der Waals surface area contributed by atoms with Crippen molar-refractivity contribution < 1.29 is 9.59 Å². The Balaban J connectivity index is 2.32. The summed E-state index contributed by atoms with van der Waals surface area (Å²) in [5.41, 5.74) is 0.400. The van der Waals surface area contributed by atoms with Gasteiger partial charge in [-0.15, -0.1) is 0 Å². The minimum Gasteiger partial charge on any atom is -0.339 e. The van der Waals surface area contributed by atoms with Crippen molar-refractivity contribution in [3.63, 3.8) is 0 Å². The van der Waals surface area contributed by atoms with Gasteiger partial charge in [-0.05, 0) is 31.0 Å². The van der Waals surface area contributed by atoms with E-state index in [2.05, 4.69) is 10.3 Å². The average Bonchev–Trinajstić information content (AvgIpc) is 2.65. The van der Waals surface area contributed by atoms with Crippen LogP contribution in [-0.2, 0) is 7.05 Å². The zero-order valence-corrected chi connectivity index (χ0v) is 15.4. The molecule has 26 heavy (non-hydrogen) atoms. The van der Waals surface area contributed by atoms with E-state index in [1.54, 1.807) is 30.3 Å². The Bertz CT molecular complexity index is 824. The number of carbonyl (C=O) groups is 2. The third-order valence-electron chi connectivity index (χ3n) is 3.88. The van der Waals surface area contributed by atoms with Crippen LogP contribution in [0.15, 0.2) is 41.6 Å². The average molecular weight is 356 g/mol. The predicted molar refractivity (Wildman–Crippen MR) is 100 cm³/mol. The van der Waals surface area contributed by atoms with Crippen molar-refractivity contribution in [2.24, 2.45) is 7.05 Å². The molecule has 2 aromatic rings. The monoisotopic (exact) mass is 356 g/mol. The molecule has 0 saturated carbocycles. The summed E-state index contributed by atoms with van der Waals surface area (Å²) in [5, 5.41) is 2.58. The minimum atomic E-state index is -0.446.